The van der Waals surface area contributed by atoms with E-state index in [9.17, 15) is 9.59 Å². The molecule has 2 amide bonds. The first-order valence-electron chi connectivity index (χ1n) is 7.68. The van der Waals surface area contributed by atoms with Crippen LogP contribution in [0.5, 0.6) is 0 Å². The van der Waals surface area contributed by atoms with Gasteiger partial charge < -0.3 is 10.2 Å². The second-order valence-corrected chi connectivity index (χ2v) is 7.60. The van der Waals surface area contributed by atoms with Crippen LogP contribution < -0.4 is 5.32 Å². The van der Waals surface area contributed by atoms with Gasteiger partial charge in [0.25, 0.3) is 0 Å². The predicted octanol–water partition coefficient (Wildman–Crippen LogP) is 1.79. The number of amides is 2. The van der Waals surface area contributed by atoms with E-state index in [1.807, 2.05) is 18.1 Å². The van der Waals surface area contributed by atoms with Crippen molar-refractivity contribution in [3.63, 3.8) is 0 Å². The molecule has 5 heteroatoms. The fourth-order valence-corrected chi connectivity index (χ4v) is 4.24. The SMILES string of the molecule is CSCCN1C(=O)C2(CCCC2)NC(=O)C1(C)C1CC1. The van der Waals surface area contributed by atoms with E-state index in [2.05, 4.69) is 5.32 Å². The highest BCUT2D eigenvalue weighted by molar-refractivity contribution is 7.98. The van der Waals surface area contributed by atoms with E-state index in [-0.39, 0.29) is 11.8 Å². The molecule has 0 bridgehead atoms. The maximum Gasteiger partial charge on any atom is 0.249 e. The van der Waals surface area contributed by atoms with Gasteiger partial charge in [0.1, 0.15) is 11.1 Å². The standard InChI is InChI=1S/C15H24N2O2S/c1-14(11-5-6-11)12(18)16-15(7-3-4-8-15)13(19)17(14)9-10-20-2/h11H,3-10H2,1-2H3,(H,16,18). The van der Waals surface area contributed by atoms with Crippen LogP contribution in [-0.4, -0.2) is 46.3 Å². The normalized spacial score (nSPS) is 32.8. The molecule has 2 saturated carbocycles. The van der Waals surface area contributed by atoms with Gasteiger partial charge in [-0.3, -0.25) is 9.59 Å². The summed E-state index contributed by atoms with van der Waals surface area (Å²) in [6, 6.07) is 0. The van der Waals surface area contributed by atoms with Gasteiger partial charge in [0.2, 0.25) is 11.8 Å². The predicted molar refractivity (Wildman–Crippen MR) is 80.6 cm³/mol. The molecule has 3 aliphatic rings. The second-order valence-electron chi connectivity index (χ2n) is 6.61. The molecule has 1 atom stereocenters. The van der Waals surface area contributed by atoms with Gasteiger partial charge in [0.05, 0.1) is 0 Å². The molecule has 4 nitrogen and oxygen atoms in total. The van der Waals surface area contributed by atoms with Crippen LogP contribution in [0, 0.1) is 5.92 Å². The quantitative estimate of drug-likeness (QED) is 0.860. The summed E-state index contributed by atoms with van der Waals surface area (Å²) in [5.41, 5.74) is -1.19. The largest absolute Gasteiger partial charge is 0.340 e. The molecule has 0 aromatic heterocycles. The van der Waals surface area contributed by atoms with Crippen LogP contribution in [0.1, 0.15) is 45.4 Å². The lowest BCUT2D eigenvalue weighted by atomic mass is 9.82. The first-order valence-corrected chi connectivity index (χ1v) is 9.07. The van der Waals surface area contributed by atoms with Crippen LogP contribution in [0.25, 0.3) is 0 Å². The number of thioether (sulfide) groups is 1. The number of carbonyl (C=O) groups is 2. The number of nitrogens with one attached hydrogen (secondary N) is 1. The van der Waals surface area contributed by atoms with Crippen molar-refractivity contribution in [3.05, 3.63) is 0 Å². The van der Waals surface area contributed by atoms with Crippen LogP contribution in [0.2, 0.25) is 0 Å². The van der Waals surface area contributed by atoms with Crippen LogP contribution in [0.4, 0.5) is 0 Å². The van der Waals surface area contributed by atoms with Crippen molar-refractivity contribution >= 4 is 23.6 Å². The van der Waals surface area contributed by atoms with E-state index in [1.165, 1.54) is 0 Å². The summed E-state index contributed by atoms with van der Waals surface area (Å²) in [5.74, 6) is 1.52. The first-order chi connectivity index (χ1) is 9.54. The molecule has 1 N–H and O–H groups in total. The highest BCUT2D eigenvalue weighted by Gasteiger charge is 2.61. The molecule has 0 aromatic carbocycles. The molecule has 1 saturated heterocycles. The maximum absolute atomic E-state index is 13.1. The molecule has 2 aliphatic carbocycles. The first kappa shape index (κ1) is 14.2. The topological polar surface area (TPSA) is 49.4 Å². The maximum atomic E-state index is 13.1. The van der Waals surface area contributed by atoms with Crippen molar-refractivity contribution in [2.24, 2.45) is 5.92 Å². The van der Waals surface area contributed by atoms with Gasteiger partial charge >= 0.3 is 0 Å². The second kappa shape index (κ2) is 4.93. The van der Waals surface area contributed by atoms with Gasteiger partial charge in [-0.15, -0.1) is 0 Å². The van der Waals surface area contributed by atoms with Gasteiger partial charge in [-0.05, 0) is 44.8 Å². The Morgan fingerprint density at radius 2 is 1.95 bits per heavy atom. The van der Waals surface area contributed by atoms with E-state index < -0.39 is 11.1 Å². The Kier molecular flexibility index (Phi) is 3.51. The number of rotatable bonds is 4. The lowest BCUT2D eigenvalue weighted by Gasteiger charge is -2.50. The number of nitrogens with zero attached hydrogens (tertiary/aromatic N) is 1. The summed E-state index contributed by atoms with van der Waals surface area (Å²) >= 11 is 1.74. The number of piperazine rings is 1. The summed E-state index contributed by atoms with van der Waals surface area (Å²) in [4.78, 5) is 27.7. The smallest absolute Gasteiger partial charge is 0.249 e. The van der Waals surface area contributed by atoms with Crippen molar-refractivity contribution in [1.29, 1.82) is 0 Å². The molecule has 112 valence electrons. The zero-order valence-corrected chi connectivity index (χ0v) is 13.2. The lowest BCUT2D eigenvalue weighted by Crippen LogP contribution is -2.75. The highest BCUT2D eigenvalue weighted by atomic mass is 32.2. The molecule has 1 aliphatic heterocycles. The van der Waals surface area contributed by atoms with E-state index in [0.29, 0.717) is 12.5 Å². The Morgan fingerprint density at radius 1 is 1.30 bits per heavy atom. The zero-order chi connectivity index (χ0) is 14.4. The highest BCUT2D eigenvalue weighted by Crippen LogP contribution is 2.47. The molecule has 20 heavy (non-hydrogen) atoms. The minimum Gasteiger partial charge on any atom is -0.340 e. The van der Waals surface area contributed by atoms with E-state index >= 15 is 0 Å². The molecular weight excluding hydrogens is 272 g/mol. The fraction of sp³-hybridized carbons (Fsp3) is 0.867. The number of hydrogen-bond acceptors (Lipinski definition) is 3. The summed E-state index contributed by atoms with van der Waals surface area (Å²) in [5, 5.41) is 3.12. The molecular formula is C15H24N2O2S. The summed E-state index contributed by atoms with van der Waals surface area (Å²) in [7, 11) is 0. The molecule has 3 rings (SSSR count). The third-order valence-corrected chi connectivity index (χ3v) is 5.97. The third kappa shape index (κ3) is 1.97. The van der Waals surface area contributed by atoms with Crippen molar-refractivity contribution in [1.82, 2.24) is 10.2 Å². The molecule has 1 unspecified atom stereocenters. The summed E-state index contributed by atoms with van der Waals surface area (Å²) in [6.45, 7) is 2.67. The van der Waals surface area contributed by atoms with E-state index in [0.717, 1.165) is 44.3 Å². The molecule has 1 spiro atoms. The van der Waals surface area contributed by atoms with Gasteiger partial charge in [-0.1, -0.05) is 12.8 Å². The van der Waals surface area contributed by atoms with Crippen molar-refractivity contribution in [3.8, 4) is 0 Å². The molecule has 0 aromatic rings. The Labute approximate surface area is 125 Å². The Bertz CT molecular complexity index is 430. The van der Waals surface area contributed by atoms with Crippen LogP contribution in [-0.2, 0) is 9.59 Å². The molecule has 3 fully saturated rings. The Hall–Kier alpha value is -0.710. The number of hydrogen-bond donors (Lipinski definition) is 1. The zero-order valence-electron chi connectivity index (χ0n) is 12.4. The summed E-state index contributed by atoms with van der Waals surface area (Å²) < 4.78 is 0. The third-order valence-electron chi connectivity index (χ3n) is 5.38. The van der Waals surface area contributed by atoms with Gasteiger partial charge in [0, 0.05) is 12.3 Å². The van der Waals surface area contributed by atoms with Crippen molar-refractivity contribution in [2.75, 3.05) is 18.6 Å². The monoisotopic (exact) mass is 296 g/mol. The lowest BCUT2D eigenvalue weighted by molar-refractivity contribution is -0.163. The van der Waals surface area contributed by atoms with Crippen molar-refractivity contribution < 1.29 is 9.59 Å². The molecule has 1 heterocycles. The van der Waals surface area contributed by atoms with E-state index in [1.54, 1.807) is 11.8 Å². The number of carbonyl (C=O) groups excluding carboxylic acids is 2. The van der Waals surface area contributed by atoms with E-state index in [4.69, 9.17) is 0 Å². The van der Waals surface area contributed by atoms with Crippen LogP contribution in [0.15, 0.2) is 0 Å². The fourth-order valence-electron chi connectivity index (χ4n) is 3.87. The van der Waals surface area contributed by atoms with Crippen LogP contribution >= 0.6 is 11.8 Å². The minimum atomic E-state index is -0.610. The average molecular weight is 296 g/mol. The van der Waals surface area contributed by atoms with Gasteiger partial charge in [-0.2, -0.15) is 11.8 Å². The Morgan fingerprint density at radius 3 is 2.50 bits per heavy atom. The average Bonchev–Trinajstić information content (AvgIpc) is 3.18. The van der Waals surface area contributed by atoms with Gasteiger partial charge in [0.15, 0.2) is 0 Å². The summed E-state index contributed by atoms with van der Waals surface area (Å²) in [6.07, 6.45) is 7.90. The minimum absolute atomic E-state index is 0.0857. The Balaban J connectivity index is 1.92. The van der Waals surface area contributed by atoms with Gasteiger partial charge in [-0.25, -0.2) is 0 Å². The van der Waals surface area contributed by atoms with Crippen molar-refractivity contribution in [2.45, 2.75) is 56.5 Å². The van der Waals surface area contributed by atoms with Crippen LogP contribution in [0.3, 0.4) is 0 Å². The molecule has 0 radical (unpaired) electrons.